The van der Waals surface area contributed by atoms with E-state index in [1.165, 1.54) is 0 Å². The average Bonchev–Trinajstić information content (AvgIpc) is 3.24. The van der Waals surface area contributed by atoms with Gasteiger partial charge in [0.2, 0.25) is 5.91 Å². The van der Waals surface area contributed by atoms with E-state index in [0.717, 1.165) is 42.2 Å². The number of amides is 1. The van der Waals surface area contributed by atoms with Crippen molar-refractivity contribution in [2.24, 2.45) is 4.99 Å². The van der Waals surface area contributed by atoms with Crippen LogP contribution in [0.2, 0.25) is 0 Å². The summed E-state index contributed by atoms with van der Waals surface area (Å²) in [6.07, 6.45) is 1.50. The molecule has 1 atom stereocenters. The van der Waals surface area contributed by atoms with E-state index in [4.69, 9.17) is 4.42 Å². The molecule has 6 heteroatoms. The van der Waals surface area contributed by atoms with Gasteiger partial charge in [0.1, 0.15) is 11.3 Å². The molecule has 6 nitrogen and oxygen atoms in total. The van der Waals surface area contributed by atoms with Crippen LogP contribution in [0.5, 0.6) is 0 Å². The normalized spacial score (nSPS) is 18.2. The van der Waals surface area contributed by atoms with Gasteiger partial charge in [0.05, 0.1) is 6.54 Å². The SMILES string of the molecule is CCC(=O)N1CCC(NC(=NC)NCc2cc3ccccc3o2)C1. The number of likely N-dealkylation sites (tertiary alicyclic amines) is 1. The minimum Gasteiger partial charge on any atom is -0.459 e. The minimum absolute atomic E-state index is 0.213. The van der Waals surface area contributed by atoms with Gasteiger partial charge in [-0.3, -0.25) is 9.79 Å². The minimum atomic E-state index is 0.213. The highest BCUT2D eigenvalue weighted by molar-refractivity contribution is 5.81. The summed E-state index contributed by atoms with van der Waals surface area (Å²) in [5, 5.41) is 7.75. The fraction of sp³-hybridized carbons (Fsp3) is 0.444. The van der Waals surface area contributed by atoms with E-state index in [2.05, 4.69) is 15.6 Å². The zero-order valence-electron chi connectivity index (χ0n) is 14.2. The van der Waals surface area contributed by atoms with Crippen molar-refractivity contribution in [3.05, 3.63) is 36.1 Å². The Morgan fingerprint density at radius 3 is 3.00 bits per heavy atom. The second-order valence-electron chi connectivity index (χ2n) is 6.00. The number of fused-ring (bicyclic) bond motifs is 1. The lowest BCUT2D eigenvalue weighted by atomic mass is 10.2. The van der Waals surface area contributed by atoms with Crippen LogP contribution in [0, 0.1) is 0 Å². The standard InChI is InChI=1S/C18H24N4O2/c1-3-17(23)22-9-8-14(12-22)21-18(19-2)20-11-15-10-13-6-4-5-7-16(13)24-15/h4-7,10,14H,3,8-9,11-12H2,1-2H3,(H2,19,20,21). The summed E-state index contributed by atoms with van der Waals surface area (Å²) < 4.78 is 5.80. The molecule has 0 bridgehead atoms. The summed E-state index contributed by atoms with van der Waals surface area (Å²) in [5.74, 6) is 1.81. The zero-order chi connectivity index (χ0) is 16.9. The Balaban J connectivity index is 1.53. The van der Waals surface area contributed by atoms with Gasteiger partial charge in [-0.2, -0.15) is 0 Å². The number of rotatable bonds is 4. The average molecular weight is 328 g/mol. The van der Waals surface area contributed by atoms with Crippen LogP contribution in [-0.2, 0) is 11.3 Å². The van der Waals surface area contributed by atoms with Crippen LogP contribution in [0.1, 0.15) is 25.5 Å². The maximum Gasteiger partial charge on any atom is 0.222 e. The lowest BCUT2D eigenvalue weighted by molar-refractivity contribution is -0.129. The topological polar surface area (TPSA) is 69.9 Å². The molecule has 2 N–H and O–H groups in total. The first-order chi connectivity index (χ1) is 11.7. The quantitative estimate of drug-likeness (QED) is 0.666. The van der Waals surface area contributed by atoms with Crippen LogP contribution < -0.4 is 10.6 Å². The Morgan fingerprint density at radius 1 is 1.42 bits per heavy atom. The lowest BCUT2D eigenvalue weighted by Gasteiger charge is -2.18. The smallest absolute Gasteiger partial charge is 0.222 e. The summed E-state index contributed by atoms with van der Waals surface area (Å²) in [4.78, 5) is 17.9. The van der Waals surface area contributed by atoms with Gasteiger partial charge in [-0.1, -0.05) is 25.1 Å². The van der Waals surface area contributed by atoms with Gasteiger partial charge in [-0.15, -0.1) is 0 Å². The maximum atomic E-state index is 11.8. The van der Waals surface area contributed by atoms with Crippen LogP contribution in [-0.4, -0.2) is 42.9 Å². The molecule has 1 amide bonds. The van der Waals surface area contributed by atoms with E-state index >= 15 is 0 Å². The molecule has 1 aromatic heterocycles. The number of para-hydroxylation sites is 1. The summed E-state index contributed by atoms with van der Waals surface area (Å²) in [6, 6.07) is 10.2. The first-order valence-corrected chi connectivity index (χ1v) is 8.42. The number of furan rings is 1. The second-order valence-corrected chi connectivity index (χ2v) is 6.00. The predicted octanol–water partition coefficient (Wildman–Crippen LogP) is 2.11. The highest BCUT2D eigenvalue weighted by Gasteiger charge is 2.25. The van der Waals surface area contributed by atoms with Crippen molar-refractivity contribution in [2.75, 3.05) is 20.1 Å². The van der Waals surface area contributed by atoms with Gasteiger partial charge in [-0.25, -0.2) is 0 Å². The first-order valence-electron chi connectivity index (χ1n) is 8.42. The molecule has 24 heavy (non-hydrogen) atoms. The van der Waals surface area contributed by atoms with E-state index in [1.54, 1.807) is 7.05 Å². The first kappa shape index (κ1) is 16.4. The highest BCUT2D eigenvalue weighted by atomic mass is 16.3. The fourth-order valence-electron chi connectivity index (χ4n) is 3.01. The Bertz CT molecular complexity index is 704. The van der Waals surface area contributed by atoms with Gasteiger partial charge >= 0.3 is 0 Å². The number of benzene rings is 1. The fourth-order valence-corrected chi connectivity index (χ4v) is 3.01. The Labute approximate surface area is 141 Å². The highest BCUT2D eigenvalue weighted by Crippen LogP contribution is 2.18. The third-order valence-corrected chi connectivity index (χ3v) is 4.31. The molecule has 1 unspecified atom stereocenters. The molecule has 128 valence electrons. The van der Waals surface area contributed by atoms with Crippen molar-refractivity contribution in [3.63, 3.8) is 0 Å². The van der Waals surface area contributed by atoms with E-state index < -0.39 is 0 Å². The van der Waals surface area contributed by atoms with Gasteiger partial charge in [-0.05, 0) is 18.6 Å². The van der Waals surface area contributed by atoms with E-state index in [-0.39, 0.29) is 11.9 Å². The number of carbonyl (C=O) groups is 1. The van der Waals surface area contributed by atoms with E-state index in [0.29, 0.717) is 13.0 Å². The lowest BCUT2D eigenvalue weighted by Crippen LogP contribution is -2.44. The van der Waals surface area contributed by atoms with Crippen molar-refractivity contribution in [1.29, 1.82) is 0 Å². The molecule has 2 heterocycles. The van der Waals surface area contributed by atoms with Crippen LogP contribution in [0.3, 0.4) is 0 Å². The Kier molecular flexibility index (Phi) is 5.03. The molecular weight excluding hydrogens is 304 g/mol. The predicted molar refractivity (Wildman–Crippen MR) is 94.8 cm³/mol. The molecule has 1 aliphatic heterocycles. The number of hydrogen-bond acceptors (Lipinski definition) is 3. The van der Waals surface area contributed by atoms with Crippen molar-refractivity contribution < 1.29 is 9.21 Å². The van der Waals surface area contributed by atoms with Crippen LogP contribution in [0.4, 0.5) is 0 Å². The summed E-state index contributed by atoms with van der Waals surface area (Å²) in [6.45, 7) is 4.01. The van der Waals surface area contributed by atoms with E-state index in [1.807, 2.05) is 42.2 Å². The number of nitrogens with one attached hydrogen (secondary N) is 2. The van der Waals surface area contributed by atoms with Crippen molar-refractivity contribution in [2.45, 2.75) is 32.4 Å². The largest absolute Gasteiger partial charge is 0.459 e. The van der Waals surface area contributed by atoms with Crippen molar-refractivity contribution in [3.8, 4) is 0 Å². The molecule has 3 rings (SSSR count). The van der Waals surface area contributed by atoms with Crippen LogP contribution in [0.25, 0.3) is 11.0 Å². The number of guanidine groups is 1. The Hall–Kier alpha value is -2.50. The van der Waals surface area contributed by atoms with E-state index in [9.17, 15) is 4.79 Å². The summed E-state index contributed by atoms with van der Waals surface area (Å²) >= 11 is 0. The maximum absolute atomic E-state index is 11.8. The number of carbonyl (C=O) groups excluding carboxylic acids is 1. The molecule has 0 radical (unpaired) electrons. The summed E-state index contributed by atoms with van der Waals surface area (Å²) in [7, 11) is 1.75. The molecule has 0 spiro atoms. The molecule has 1 fully saturated rings. The van der Waals surface area contributed by atoms with Crippen LogP contribution in [0.15, 0.2) is 39.7 Å². The number of nitrogens with zero attached hydrogens (tertiary/aromatic N) is 2. The number of aliphatic imine (C=N–C) groups is 1. The Morgan fingerprint density at radius 2 is 2.25 bits per heavy atom. The van der Waals surface area contributed by atoms with Gasteiger partial charge in [0.15, 0.2) is 5.96 Å². The van der Waals surface area contributed by atoms with Gasteiger partial charge in [0, 0.05) is 38.0 Å². The molecule has 1 saturated heterocycles. The van der Waals surface area contributed by atoms with Gasteiger partial charge in [0.25, 0.3) is 0 Å². The number of hydrogen-bond donors (Lipinski definition) is 2. The molecule has 2 aromatic rings. The molecular formula is C18H24N4O2. The molecule has 1 aliphatic rings. The molecule has 0 aliphatic carbocycles. The summed E-state index contributed by atoms with van der Waals surface area (Å²) in [5.41, 5.74) is 0.891. The molecule has 1 aromatic carbocycles. The third kappa shape index (κ3) is 3.69. The third-order valence-electron chi connectivity index (χ3n) is 4.31. The molecule has 0 saturated carbocycles. The van der Waals surface area contributed by atoms with Gasteiger partial charge < -0.3 is 20.0 Å². The zero-order valence-corrected chi connectivity index (χ0v) is 14.2. The van der Waals surface area contributed by atoms with Crippen molar-refractivity contribution >= 4 is 22.8 Å². The van der Waals surface area contributed by atoms with Crippen molar-refractivity contribution in [1.82, 2.24) is 15.5 Å². The van der Waals surface area contributed by atoms with Crippen LogP contribution >= 0.6 is 0 Å². The second kappa shape index (κ2) is 7.38. The monoisotopic (exact) mass is 328 g/mol.